The van der Waals surface area contributed by atoms with E-state index in [1.165, 1.54) is 11.1 Å². The lowest BCUT2D eigenvalue weighted by atomic mass is 10.1. The number of hydrogen-bond acceptors (Lipinski definition) is 5. The highest BCUT2D eigenvalue weighted by atomic mass is 16.5. The quantitative estimate of drug-likeness (QED) is 0.280. The molecule has 1 fully saturated rings. The minimum Gasteiger partial charge on any atom is -0.474 e. The first kappa shape index (κ1) is 25.1. The van der Waals surface area contributed by atoms with Crippen LogP contribution >= 0.6 is 0 Å². The highest BCUT2D eigenvalue weighted by molar-refractivity contribution is 6.08. The van der Waals surface area contributed by atoms with Crippen LogP contribution in [0.1, 0.15) is 52.5 Å². The second-order valence-corrected chi connectivity index (χ2v) is 8.31. The Kier molecular flexibility index (Phi) is 9.39. The van der Waals surface area contributed by atoms with Gasteiger partial charge in [0.15, 0.2) is 5.88 Å². The number of nitrogens with zero attached hydrogens (tertiary/aromatic N) is 1. The molecule has 0 spiro atoms. The van der Waals surface area contributed by atoms with Crippen molar-refractivity contribution in [2.75, 3.05) is 14.1 Å². The van der Waals surface area contributed by atoms with Crippen LogP contribution in [0.2, 0.25) is 0 Å². The number of allylic oxidation sites excluding steroid dienone is 7. The van der Waals surface area contributed by atoms with E-state index in [1.54, 1.807) is 6.92 Å². The van der Waals surface area contributed by atoms with Crippen LogP contribution in [0.15, 0.2) is 88.3 Å². The molecular weight excluding hydrogens is 398 g/mol. The third kappa shape index (κ3) is 7.49. The van der Waals surface area contributed by atoms with Crippen molar-refractivity contribution in [2.24, 2.45) is 5.73 Å². The average molecular weight is 436 g/mol. The molecular formula is C27H37N3O2. The molecule has 1 aliphatic rings. The molecule has 0 heterocycles. The first-order chi connectivity index (χ1) is 15.2. The van der Waals surface area contributed by atoms with Gasteiger partial charge in [0.2, 0.25) is 5.78 Å². The van der Waals surface area contributed by atoms with Gasteiger partial charge in [-0.2, -0.15) is 0 Å². The van der Waals surface area contributed by atoms with Crippen molar-refractivity contribution in [3.63, 3.8) is 0 Å². The van der Waals surface area contributed by atoms with Crippen molar-refractivity contribution in [3.05, 3.63) is 93.8 Å². The van der Waals surface area contributed by atoms with Crippen LogP contribution in [0, 0.1) is 0 Å². The summed E-state index contributed by atoms with van der Waals surface area (Å²) in [7, 11) is 4.00. The number of likely N-dealkylation sites (N-methyl/N-ethyl adjacent to an activating group) is 1. The summed E-state index contributed by atoms with van der Waals surface area (Å²) in [4.78, 5) is 15.3. The smallest absolute Gasteiger partial charge is 0.206 e. The van der Waals surface area contributed by atoms with Gasteiger partial charge in [0.1, 0.15) is 12.3 Å². The number of hydrogen-bond donors (Lipinski definition) is 2. The number of nitrogens with two attached hydrogens (primary N) is 1. The van der Waals surface area contributed by atoms with Crippen LogP contribution in [-0.2, 0) is 16.1 Å². The molecule has 32 heavy (non-hydrogen) atoms. The van der Waals surface area contributed by atoms with Gasteiger partial charge in [-0.25, -0.2) is 0 Å². The van der Waals surface area contributed by atoms with E-state index in [0.717, 1.165) is 30.5 Å². The standard InChI is InChI=1S/C27H37N3O2/c1-7-11-19(2)24(30(5)6)17-14-20(3)26(31)25(21(4)28)29-27(23-15-16-23)32-18-22-12-9-8-10-13-22/h8-14,17,29H,7,15-16,18,28H2,1-6H3/b19-11+,20-14+,24-17+,25-21+. The molecule has 5 heteroatoms. The van der Waals surface area contributed by atoms with Crippen LogP contribution in [0.5, 0.6) is 0 Å². The van der Waals surface area contributed by atoms with E-state index in [-0.39, 0.29) is 5.78 Å². The molecule has 0 radical (unpaired) electrons. The summed E-state index contributed by atoms with van der Waals surface area (Å²) in [5.41, 5.74) is 12.0. The van der Waals surface area contributed by atoms with Crippen molar-refractivity contribution in [1.82, 2.24) is 10.2 Å². The number of benzene rings is 1. The Bertz CT molecular complexity index is 954. The molecule has 0 amide bonds. The largest absolute Gasteiger partial charge is 0.474 e. The van der Waals surface area contributed by atoms with E-state index < -0.39 is 0 Å². The summed E-state index contributed by atoms with van der Waals surface area (Å²) in [6, 6.07) is 9.97. The minimum absolute atomic E-state index is 0.140. The van der Waals surface area contributed by atoms with Crippen molar-refractivity contribution in [1.29, 1.82) is 0 Å². The van der Waals surface area contributed by atoms with Gasteiger partial charge in [-0.3, -0.25) is 4.79 Å². The number of Topliss-reactive ketones (excluding diaryl/α,β-unsaturated/α-hetero) is 1. The lowest BCUT2D eigenvalue weighted by molar-refractivity contribution is -0.112. The van der Waals surface area contributed by atoms with Crippen molar-refractivity contribution in [3.8, 4) is 0 Å². The fourth-order valence-corrected chi connectivity index (χ4v) is 3.21. The number of nitrogens with one attached hydrogen (secondary N) is 1. The van der Waals surface area contributed by atoms with Crippen LogP contribution in [0.4, 0.5) is 0 Å². The summed E-state index contributed by atoms with van der Waals surface area (Å²) in [6.45, 7) is 8.17. The highest BCUT2D eigenvalue weighted by Crippen LogP contribution is 2.32. The molecule has 1 saturated carbocycles. The van der Waals surface area contributed by atoms with E-state index in [1.807, 2.05) is 68.4 Å². The molecule has 0 aliphatic heterocycles. The fraction of sp³-hybridized carbons (Fsp3) is 0.370. The maximum Gasteiger partial charge on any atom is 0.206 e. The molecule has 1 aromatic carbocycles. The number of carbonyl (C=O) groups is 1. The highest BCUT2D eigenvalue weighted by Gasteiger charge is 2.23. The van der Waals surface area contributed by atoms with Crippen LogP contribution in [-0.4, -0.2) is 24.8 Å². The van der Waals surface area contributed by atoms with E-state index in [4.69, 9.17) is 10.5 Å². The maximum absolute atomic E-state index is 13.2. The monoisotopic (exact) mass is 435 g/mol. The molecule has 0 saturated heterocycles. The topological polar surface area (TPSA) is 67.6 Å². The van der Waals surface area contributed by atoms with Crippen LogP contribution in [0.3, 0.4) is 0 Å². The number of rotatable bonds is 11. The van der Waals surface area contributed by atoms with E-state index in [9.17, 15) is 4.79 Å². The molecule has 3 N–H and O–H groups in total. The molecule has 172 valence electrons. The molecule has 1 aromatic rings. The zero-order chi connectivity index (χ0) is 23.7. The first-order valence-electron chi connectivity index (χ1n) is 11.1. The average Bonchev–Trinajstić information content (AvgIpc) is 3.59. The van der Waals surface area contributed by atoms with Gasteiger partial charge in [0.05, 0.1) is 0 Å². The predicted octanol–water partition coefficient (Wildman–Crippen LogP) is 5.31. The summed E-state index contributed by atoms with van der Waals surface area (Å²) in [5, 5.41) is 3.20. The fourth-order valence-electron chi connectivity index (χ4n) is 3.21. The third-order valence-corrected chi connectivity index (χ3v) is 5.15. The Morgan fingerprint density at radius 3 is 2.28 bits per heavy atom. The number of ketones is 1. The lowest BCUT2D eigenvalue weighted by Crippen LogP contribution is -2.26. The summed E-state index contributed by atoms with van der Waals surface area (Å²) < 4.78 is 6.03. The normalized spacial score (nSPS) is 15.2. The van der Waals surface area contributed by atoms with Gasteiger partial charge in [-0.1, -0.05) is 49.4 Å². The SMILES string of the molecule is CC/C=C(C)/C(=C\C=C(/C)C(=O)/C(NC(OCc1ccccc1)=C1CC1)=C(/C)N)N(C)C. The van der Waals surface area contributed by atoms with Gasteiger partial charge in [0, 0.05) is 25.5 Å². The Morgan fingerprint density at radius 1 is 1.09 bits per heavy atom. The third-order valence-electron chi connectivity index (χ3n) is 5.15. The second-order valence-electron chi connectivity index (χ2n) is 8.31. The Labute approximate surface area is 193 Å². The van der Waals surface area contributed by atoms with E-state index in [2.05, 4.69) is 25.2 Å². The van der Waals surface area contributed by atoms with Gasteiger partial charge < -0.3 is 20.7 Å². The number of carbonyl (C=O) groups excluding carboxylic acids is 1. The van der Waals surface area contributed by atoms with Crippen molar-refractivity contribution < 1.29 is 9.53 Å². The molecule has 0 atom stereocenters. The maximum atomic E-state index is 13.2. The predicted molar refractivity (Wildman–Crippen MR) is 132 cm³/mol. The van der Waals surface area contributed by atoms with Gasteiger partial charge in [0.25, 0.3) is 0 Å². The van der Waals surface area contributed by atoms with Crippen molar-refractivity contribution in [2.45, 2.75) is 53.6 Å². The molecule has 2 rings (SSSR count). The van der Waals surface area contributed by atoms with Crippen molar-refractivity contribution >= 4 is 5.78 Å². The molecule has 0 bridgehead atoms. The Hall–Kier alpha value is -3.21. The Balaban J connectivity index is 2.20. The van der Waals surface area contributed by atoms with E-state index in [0.29, 0.717) is 29.5 Å². The number of ether oxygens (including phenoxy) is 1. The first-order valence-corrected chi connectivity index (χ1v) is 11.1. The second kappa shape index (κ2) is 12.0. The van der Waals surface area contributed by atoms with Crippen LogP contribution in [0.25, 0.3) is 0 Å². The summed E-state index contributed by atoms with van der Waals surface area (Å²) in [6.07, 6.45) is 8.90. The molecule has 0 unspecified atom stereocenters. The summed E-state index contributed by atoms with van der Waals surface area (Å²) in [5.74, 6) is 0.500. The Morgan fingerprint density at radius 2 is 1.75 bits per heavy atom. The van der Waals surface area contributed by atoms with Crippen LogP contribution < -0.4 is 11.1 Å². The van der Waals surface area contributed by atoms with E-state index >= 15 is 0 Å². The zero-order valence-electron chi connectivity index (χ0n) is 20.3. The molecule has 5 nitrogen and oxygen atoms in total. The van der Waals surface area contributed by atoms with Gasteiger partial charge in [-0.05, 0) is 68.4 Å². The van der Waals surface area contributed by atoms with Gasteiger partial charge in [-0.15, -0.1) is 0 Å². The lowest BCUT2D eigenvalue weighted by Gasteiger charge is -2.18. The minimum atomic E-state index is -0.140. The zero-order valence-corrected chi connectivity index (χ0v) is 20.3. The molecule has 0 aromatic heterocycles. The summed E-state index contributed by atoms with van der Waals surface area (Å²) >= 11 is 0. The molecule has 1 aliphatic carbocycles. The van der Waals surface area contributed by atoms with Gasteiger partial charge >= 0.3 is 0 Å².